The van der Waals surface area contributed by atoms with Crippen molar-refractivity contribution in [2.75, 3.05) is 19.0 Å². The monoisotopic (exact) mass is 384 g/mol. The van der Waals surface area contributed by atoms with Crippen molar-refractivity contribution in [2.24, 2.45) is 0 Å². The molecule has 1 saturated heterocycles. The minimum absolute atomic E-state index is 0.116. The van der Waals surface area contributed by atoms with Crippen molar-refractivity contribution in [3.8, 4) is 0 Å². The van der Waals surface area contributed by atoms with E-state index >= 15 is 0 Å². The standard InChI is InChI=1S/C20H24N4O4/c1-21-14-4-3-5-15(14)23(2)11-6-7-12-13(10-11)20(28)24(19(12)27)16-8-9-17(25)22-18(16)26/h6-7,10,14-16,21H,3-5,8-9H2,1-2H3,(H,22,25,26)/t14-,15-,16?/m1/s1. The minimum Gasteiger partial charge on any atom is -0.370 e. The number of nitrogens with zero attached hydrogens (tertiary/aromatic N) is 2. The third-order valence-electron chi connectivity index (χ3n) is 6.18. The van der Waals surface area contributed by atoms with Crippen LogP contribution in [0.2, 0.25) is 0 Å². The predicted molar refractivity (Wildman–Crippen MR) is 102 cm³/mol. The molecular formula is C20H24N4O4. The molecule has 0 spiro atoms. The first-order chi connectivity index (χ1) is 13.4. The van der Waals surface area contributed by atoms with Crippen molar-refractivity contribution in [3.63, 3.8) is 0 Å². The van der Waals surface area contributed by atoms with Crippen molar-refractivity contribution >= 4 is 29.3 Å². The topological polar surface area (TPSA) is 98.8 Å². The molecule has 1 aromatic carbocycles. The van der Waals surface area contributed by atoms with Crippen LogP contribution < -0.4 is 15.5 Å². The highest BCUT2D eigenvalue weighted by Crippen LogP contribution is 2.33. The van der Waals surface area contributed by atoms with Gasteiger partial charge < -0.3 is 10.2 Å². The Labute approximate surface area is 163 Å². The molecule has 3 atom stereocenters. The molecule has 2 N–H and O–H groups in total. The van der Waals surface area contributed by atoms with E-state index in [0.717, 1.165) is 29.8 Å². The molecule has 8 heteroatoms. The van der Waals surface area contributed by atoms with Crippen LogP contribution in [0.4, 0.5) is 5.69 Å². The molecule has 3 aliphatic rings. The molecule has 4 rings (SSSR count). The highest BCUT2D eigenvalue weighted by atomic mass is 16.2. The van der Waals surface area contributed by atoms with Gasteiger partial charge in [-0.05, 0) is 50.9 Å². The number of hydrogen-bond acceptors (Lipinski definition) is 6. The smallest absolute Gasteiger partial charge is 0.262 e. The first-order valence-corrected chi connectivity index (χ1v) is 9.68. The van der Waals surface area contributed by atoms with Gasteiger partial charge in [0.15, 0.2) is 0 Å². The van der Waals surface area contributed by atoms with Crippen LogP contribution in [0.5, 0.6) is 0 Å². The summed E-state index contributed by atoms with van der Waals surface area (Å²) in [7, 11) is 3.96. The van der Waals surface area contributed by atoms with Gasteiger partial charge in [0.1, 0.15) is 6.04 Å². The molecular weight excluding hydrogens is 360 g/mol. The van der Waals surface area contributed by atoms with Gasteiger partial charge in [-0.2, -0.15) is 0 Å². The van der Waals surface area contributed by atoms with E-state index in [0.29, 0.717) is 23.2 Å². The molecule has 1 aliphatic carbocycles. The SMILES string of the molecule is CN[C@@H]1CCC[C@H]1N(C)c1ccc2c(c1)C(=O)N(C1CCC(=O)NC1=O)C2=O. The summed E-state index contributed by atoms with van der Waals surface area (Å²) >= 11 is 0. The van der Waals surface area contributed by atoms with Crippen LogP contribution in [0.1, 0.15) is 52.8 Å². The zero-order valence-corrected chi connectivity index (χ0v) is 16.0. The molecule has 4 amide bonds. The van der Waals surface area contributed by atoms with Crippen LogP contribution in [0.25, 0.3) is 0 Å². The third kappa shape index (κ3) is 2.88. The largest absolute Gasteiger partial charge is 0.370 e. The fraction of sp³-hybridized carbons (Fsp3) is 0.500. The second kappa shape index (κ2) is 7.01. The average molecular weight is 384 g/mol. The first kappa shape index (κ1) is 18.6. The van der Waals surface area contributed by atoms with Crippen LogP contribution in [0.15, 0.2) is 18.2 Å². The predicted octanol–water partition coefficient (Wildman–Crippen LogP) is 0.665. The molecule has 28 heavy (non-hydrogen) atoms. The van der Waals surface area contributed by atoms with E-state index in [4.69, 9.17) is 0 Å². The number of benzene rings is 1. The quantitative estimate of drug-likeness (QED) is 0.740. The highest BCUT2D eigenvalue weighted by molar-refractivity contribution is 6.23. The summed E-state index contributed by atoms with van der Waals surface area (Å²) < 4.78 is 0. The Balaban J connectivity index is 1.61. The summed E-state index contributed by atoms with van der Waals surface area (Å²) in [6, 6.07) is 5.03. The molecule has 2 fully saturated rings. The third-order valence-corrected chi connectivity index (χ3v) is 6.18. The molecule has 1 aromatic rings. The summed E-state index contributed by atoms with van der Waals surface area (Å²) in [5, 5.41) is 5.56. The van der Waals surface area contributed by atoms with Gasteiger partial charge >= 0.3 is 0 Å². The van der Waals surface area contributed by atoms with Crippen LogP contribution in [-0.4, -0.2) is 60.7 Å². The van der Waals surface area contributed by atoms with E-state index in [1.807, 2.05) is 20.2 Å². The van der Waals surface area contributed by atoms with E-state index < -0.39 is 23.8 Å². The molecule has 0 radical (unpaired) electrons. The number of imide groups is 2. The van der Waals surface area contributed by atoms with Gasteiger partial charge in [0.2, 0.25) is 11.8 Å². The lowest BCUT2D eigenvalue weighted by molar-refractivity contribution is -0.136. The first-order valence-electron chi connectivity index (χ1n) is 9.68. The van der Waals surface area contributed by atoms with E-state index in [1.54, 1.807) is 12.1 Å². The molecule has 8 nitrogen and oxygen atoms in total. The van der Waals surface area contributed by atoms with Gasteiger partial charge in [0.25, 0.3) is 11.8 Å². The van der Waals surface area contributed by atoms with Crippen LogP contribution in [0, 0.1) is 0 Å². The fourth-order valence-electron chi connectivity index (χ4n) is 4.61. The maximum absolute atomic E-state index is 13.0. The van der Waals surface area contributed by atoms with Gasteiger partial charge in [-0.25, -0.2) is 0 Å². The van der Waals surface area contributed by atoms with Gasteiger partial charge in [-0.15, -0.1) is 0 Å². The maximum atomic E-state index is 13.0. The van der Waals surface area contributed by atoms with Crippen molar-refractivity contribution in [1.29, 1.82) is 0 Å². The number of amides is 4. The lowest BCUT2D eigenvalue weighted by Gasteiger charge is -2.31. The number of hydrogen-bond donors (Lipinski definition) is 2. The lowest BCUT2D eigenvalue weighted by Crippen LogP contribution is -2.54. The maximum Gasteiger partial charge on any atom is 0.262 e. The van der Waals surface area contributed by atoms with Gasteiger partial charge in [0.05, 0.1) is 11.1 Å². The van der Waals surface area contributed by atoms with Gasteiger partial charge in [0, 0.05) is 31.2 Å². The van der Waals surface area contributed by atoms with E-state index in [2.05, 4.69) is 15.5 Å². The van der Waals surface area contributed by atoms with Crippen LogP contribution >= 0.6 is 0 Å². The Morgan fingerprint density at radius 1 is 1.07 bits per heavy atom. The number of fused-ring (bicyclic) bond motifs is 1. The number of carbonyl (C=O) groups is 4. The zero-order valence-electron chi connectivity index (χ0n) is 16.0. The van der Waals surface area contributed by atoms with Gasteiger partial charge in [-0.1, -0.05) is 0 Å². The van der Waals surface area contributed by atoms with Crippen LogP contribution in [-0.2, 0) is 9.59 Å². The zero-order chi connectivity index (χ0) is 20.0. The number of likely N-dealkylation sites (N-methyl/N-ethyl adjacent to an activating group) is 2. The molecule has 2 heterocycles. The summed E-state index contributed by atoms with van der Waals surface area (Å²) in [5.41, 5.74) is 1.50. The summed E-state index contributed by atoms with van der Waals surface area (Å²) in [4.78, 5) is 52.4. The lowest BCUT2D eigenvalue weighted by atomic mass is 10.0. The number of carbonyl (C=O) groups excluding carboxylic acids is 4. The average Bonchev–Trinajstić information content (AvgIpc) is 3.25. The van der Waals surface area contributed by atoms with Crippen molar-refractivity contribution in [1.82, 2.24) is 15.5 Å². The number of piperidine rings is 1. The molecule has 148 valence electrons. The number of rotatable bonds is 4. The Kier molecular flexibility index (Phi) is 4.66. The van der Waals surface area contributed by atoms with E-state index in [1.165, 1.54) is 0 Å². The molecule has 1 saturated carbocycles. The van der Waals surface area contributed by atoms with Gasteiger partial charge in [-0.3, -0.25) is 29.4 Å². The van der Waals surface area contributed by atoms with Crippen molar-refractivity contribution in [2.45, 2.75) is 50.2 Å². The van der Waals surface area contributed by atoms with E-state index in [9.17, 15) is 19.2 Å². The number of nitrogens with one attached hydrogen (secondary N) is 2. The number of anilines is 1. The Hall–Kier alpha value is -2.74. The molecule has 2 aliphatic heterocycles. The van der Waals surface area contributed by atoms with Crippen LogP contribution in [0.3, 0.4) is 0 Å². The molecule has 1 unspecified atom stereocenters. The summed E-state index contributed by atoms with van der Waals surface area (Å²) in [6.45, 7) is 0. The van der Waals surface area contributed by atoms with Crippen molar-refractivity contribution in [3.05, 3.63) is 29.3 Å². The second-order valence-electron chi connectivity index (χ2n) is 7.68. The minimum atomic E-state index is -0.935. The molecule has 0 bridgehead atoms. The second-order valence-corrected chi connectivity index (χ2v) is 7.68. The van der Waals surface area contributed by atoms with E-state index in [-0.39, 0.29) is 18.7 Å². The summed E-state index contributed by atoms with van der Waals surface area (Å²) in [6.07, 6.45) is 3.59. The Bertz CT molecular complexity index is 868. The Morgan fingerprint density at radius 2 is 1.82 bits per heavy atom. The summed E-state index contributed by atoms with van der Waals surface area (Å²) in [5.74, 6) is -1.91. The Morgan fingerprint density at radius 3 is 2.54 bits per heavy atom. The highest BCUT2D eigenvalue weighted by Gasteiger charge is 2.44. The fourth-order valence-corrected chi connectivity index (χ4v) is 4.61. The van der Waals surface area contributed by atoms with Crippen molar-refractivity contribution < 1.29 is 19.2 Å². The normalized spacial score (nSPS) is 27.2. The molecule has 0 aromatic heterocycles.